The first kappa shape index (κ1) is 15.0. The molecule has 0 aliphatic carbocycles. The van der Waals surface area contributed by atoms with Gasteiger partial charge in [-0.15, -0.1) is 0 Å². The maximum atomic E-state index is 11.8. The van der Waals surface area contributed by atoms with Crippen molar-refractivity contribution >= 4 is 23.2 Å². The molecule has 0 aliphatic rings. The van der Waals surface area contributed by atoms with Crippen LogP contribution in [0.4, 0.5) is 11.4 Å². The van der Waals surface area contributed by atoms with Crippen molar-refractivity contribution in [3.63, 3.8) is 0 Å². The minimum absolute atomic E-state index is 0.0556. The maximum absolute atomic E-state index is 11.8. The van der Waals surface area contributed by atoms with E-state index in [0.29, 0.717) is 5.69 Å². The summed E-state index contributed by atoms with van der Waals surface area (Å²) in [5, 5.41) is 8.64. The standard InChI is InChI=1S/C14H21N3O2/c1-9(2)15-14(19)10(3)16-12-6-5-7-13(8-12)17-11(4)18/h5-10,16H,1-4H3,(H,15,19)(H,17,18). The summed E-state index contributed by atoms with van der Waals surface area (Å²) in [6.45, 7) is 7.09. The molecule has 5 nitrogen and oxygen atoms in total. The summed E-state index contributed by atoms with van der Waals surface area (Å²) in [7, 11) is 0. The lowest BCUT2D eigenvalue weighted by molar-refractivity contribution is -0.122. The third-order valence-electron chi connectivity index (χ3n) is 2.39. The Kier molecular flexibility index (Phi) is 5.36. The third kappa shape index (κ3) is 5.42. The fourth-order valence-electron chi connectivity index (χ4n) is 1.62. The lowest BCUT2D eigenvalue weighted by Gasteiger charge is -2.17. The number of amides is 2. The molecule has 0 heterocycles. The number of hydrogen-bond acceptors (Lipinski definition) is 3. The molecule has 0 saturated heterocycles. The molecule has 2 amide bonds. The Morgan fingerprint density at radius 3 is 2.32 bits per heavy atom. The van der Waals surface area contributed by atoms with Gasteiger partial charge in [-0.05, 0) is 39.0 Å². The number of benzene rings is 1. The molecule has 0 bridgehead atoms. The Bertz CT molecular complexity index is 458. The minimum atomic E-state index is -0.338. The molecule has 104 valence electrons. The highest BCUT2D eigenvalue weighted by atomic mass is 16.2. The highest BCUT2D eigenvalue weighted by molar-refractivity contribution is 5.89. The van der Waals surface area contributed by atoms with E-state index in [0.717, 1.165) is 5.69 Å². The van der Waals surface area contributed by atoms with Crippen LogP contribution in [0.1, 0.15) is 27.7 Å². The quantitative estimate of drug-likeness (QED) is 0.760. The van der Waals surface area contributed by atoms with Crippen LogP contribution in [-0.4, -0.2) is 23.9 Å². The van der Waals surface area contributed by atoms with Gasteiger partial charge in [0.25, 0.3) is 0 Å². The summed E-state index contributed by atoms with van der Waals surface area (Å²) < 4.78 is 0. The lowest BCUT2D eigenvalue weighted by Crippen LogP contribution is -2.40. The van der Waals surface area contributed by atoms with Gasteiger partial charge in [-0.25, -0.2) is 0 Å². The van der Waals surface area contributed by atoms with E-state index >= 15 is 0 Å². The van der Waals surface area contributed by atoms with Crippen LogP contribution < -0.4 is 16.0 Å². The molecule has 0 aliphatic heterocycles. The number of carbonyl (C=O) groups excluding carboxylic acids is 2. The third-order valence-corrected chi connectivity index (χ3v) is 2.39. The summed E-state index contributed by atoms with van der Waals surface area (Å²) in [6.07, 6.45) is 0. The molecule has 1 atom stereocenters. The van der Waals surface area contributed by atoms with Gasteiger partial charge in [0.1, 0.15) is 6.04 Å². The fraction of sp³-hybridized carbons (Fsp3) is 0.429. The first-order chi connectivity index (χ1) is 8.88. The summed E-state index contributed by atoms with van der Waals surface area (Å²) in [6, 6.07) is 7.04. The number of nitrogens with one attached hydrogen (secondary N) is 3. The molecule has 1 aromatic rings. The van der Waals surface area contributed by atoms with Gasteiger partial charge in [-0.2, -0.15) is 0 Å². The highest BCUT2D eigenvalue weighted by Gasteiger charge is 2.13. The van der Waals surface area contributed by atoms with Gasteiger partial charge in [0.05, 0.1) is 0 Å². The Labute approximate surface area is 113 Å². The Balaban J connectivity index is 2.66. The van der Waals surface area contributed by atoms with E-state index in [-0.39, 0.29) is 23.9 Å². The molecule has 0 fully saturated rings. The molecule has 0 radical (unpaired) electrons. The van der Waals surface area contributed by atoms with Crippen molar-refractivity contribution in [3.8, 4) is 0 Å². The maximum Gasteiger partial charge on any atom is 0.242 e. The van der Waals surface area contributed by atoms with Crippen molar-refractivity contribution in [1.29, 1.82) is 0 Å². The molecular formula is C14H21N3O2. The van der Waals surface area contributed by atoms with Crippen molar-refractivity contribution in [3.05, 3.63) is 24.3 Å². The molecule has 5 heteroatoms. The van der Waals surface area contributed by atoms with Gasteiger partial charge in [0.15, 0.2) is 0 Å². The van der Waals surface area contributed by atoms with Gasteiger partial charge >= 0.3 is 0 Å². The van der Waals surface area contributed by atoms with Gasteiger partial charge in [0.2, 0.25) is 11.8 Å². The zero-order valence-corrected chi connectivity index (χ0v) is 11.8. The smallest absolute Gasteiger partial charge is 0.242 e. The van der Waals surface area contributed by atoms with Crippen molar-refractivity contribution in [2.45, 2.75) is 39.8 Å². The second-order valence-corrected chi connectivity index (χ2v) is 4.79. The van der Waals surface area contributed by atoms with Crippen LogP contribution in [0, 0.1) is 0 Å². The largest absolute Gasteiger partial charge is 0.374 e. The van der Waals surface area contributed by atoms with E-state index < -0.39 is 0 Å². The zero-order chi connectivity index (χ0) is 14.4. The second-order valence-electron chi connectivity index (χ2n) is 4.79. The first-order valence-corrected chi connectivity index (χ1v) is 6.33. The summed E-state index contributed by atoms with van der Waals surface area (Å²) in [5.74, 6) is -0.178. The predicted molar refractivity (Wildman–Crippen MR) is 77.1 cm³/mol. The first-order valence-electron chi connectivity index (χ1n) is 6.33. The second kappa shape index (κ2) is 6.78. The molecule has 0 aromatic heterocycles. The molecule has 1 aromatic carbocycles. The Morgan fingerprint density at radius 2 is 1.74 bits per heavy atom. The monoisotopic (exact) mass is 263 g/mol. The van der Waals surface area contributed by atoms with Gasteiger partial charge in [-0.3, -0.25) is 9.59 Å². The number of hydrogen-bond donors (Lipinski definition) is 3. The Hall–Kier alpha value is -2.04. The number of rotatable bonds is 5. The predicted octanol–water partition coefficient (Wildman–Crippen LogP) is 1.97. The van der Waals surface area contributed by atoms with E-state index in [1.807, 2.05) is 26.0 Å². The van der Waals surface area contributed by atoms with Crippen LogP contribution >= 0.6 is 0 Å². The number of carbonyl (C=O) groups is 2. The Morgan fingerprint density at radius 1 is 1.11 bits per heavy atom. The molecule has 1 rings (SSSR count). The zero-order valence-electron chi connectivity index (χ0n) is 11.8. The van der Waals surface area contributed by atoms with Gasteiger partial charge < -0.3 is 16.0 Å². The van der Waals surface area contributed by atoms with E-state index in [1.54, 1.807) is 19.1 Å². The van der Waals surface area contributed by atoms with Crippen LogP contribution in [0.5, 0.6) is 0 Å². The molecule has 3 N–H and O–H groups in total. The van der Waals surface area contributed by atoms with Crippen molar-refractivity contribution in [2.24, 2.45) is 0 Å². The SMILES string of the molecule is CC(=O)Nc1cccc(NC(C)C(=O)NC(C)C)c1. The van der Waals surface area contributed by atoms with Crippen molar-refractivity contribution in [2.75, 3.05) is 10.6 Å². The van der Waals surface area contributed by atoms with E-state index in [4.69, 9.17) is 0 Å². The summed E-state index contributed by atoms with van der Waals surface area (Å²) in [4.78, 5) is 22.8. The summed E-state index contributed by atoms with van der Waals surface area (Å²) in [5.41, 5.74) is 1.49. The minimum Gasteiger partial charge on any atom is -0.374 e. The highest BCUT2D eigenvalue weighted by Crippen LogP contribution is 2.15. The number of anilines is 2. The normalized spacial score (nSPS) is 11.8. The van der Waals surface area contributed by atoms with Crippen LogP contribution in [0.2, 0.25) is 0 Å². The lowest BCUT2D eigenvalue weighted by atomic mass is 10.2. The van der Waals surface area contributed by atoms with Crippen LogP contribution in [0.15, 0.2) is 24.3 Å². The molecule has 0 saturated carbocycles. The molecule has 0 spiro atoms. The molecule has 1 unspecified atom stereocenters. The average Bonchev–Trinajstić information content (AvgIpc) is 2.27. The van der Waals surface area contributed by atoms with E-state index in [1.165, 1.54) is 6.92 Å². The van der Waals surface area contributed by atoms with E-state index in [9.17, 15) is 9.59 Å². The average molecular weight is 263 g/mol. The molecular weight excluding hydrogens is 242 g/mol. The van der Waals surface area contributed by atoms with Gasteiger partial charge in [-0.1, -0.05) is 6.07 Å². The van der Waals surface area contributed by atoms with Crippen molar-refractivity contribution < 1.29 is 9.59 Å². The van der Waals surface area contributed by atoms with Crippen LogP contribution in [-0.2, 0) is 9.59 Å². The van der Waals surface area contributed by atoms with Crippen LogP contribution in [0.25, 0.3) is 0 Å². The topological polar surface area (TPSA) is 70.2 Å². The van der Waals surface area contributed by atoms with E-state index in [2.05, 4.69) is 16.0 Å². The van der Waals surface area contributed by atoms with Crippen LogP contribution in [0.3, 0.4) is 0 Å². The fourth-order valence-corrected chi connectivity index (χ4v) is 1.62. The molecule has 19 heavy (non-hydrogen) atoms. The van der Waals surface area contributed by atoms with Gasteiger partial charge in [0, 0.05) is 24.3 Å². The van der Waals surface area contributed by atoms with Crippen molar-refractivity contribution in [1.82, 2.24) is 5.32 Å². The summed E-state index contributed by atoms with van der Waals surface area (Å²) >= 11 is 0.